The minimum Gasteiger partial charge on any atom is -0.488 e. The number of halogens is 1. The summed E-state index contributed by atoms with van der Waals surface area (Å²) in [6.45, 7) is 6.22. The van der Waals surface area contributed by atoms with E-state index in [1.54, 1.807) is 6.08 Å². The molecule has 1 amide bonds. The molecular formula is C21H21BrN2O2S. The predicted octanol–water partition coefficient (Wildman–Crippen LogP) is 5.18. The second kappa shape index (κ2) is 9.15. The van der Waals surface area contributed by atoms with E-state index in [4.69, 9.17) is 4.74 Å². The molecule has 6 heteroatoms. The number of amides is 1. The summed E-state index contributed by atoms with van der Waals surface area (Å²) in [4.78, 5) is 13.0. The van der Waals surface area contributed by atoms with Crippen molar-refractivity contribution in [3.05, 3.63) is 75.6 Å². The molecule has 3 rings (SSSR count). The third kappa shape index (κ3) is 5.17. The number of thioether (sulfide) groups is 1. The Morgan fingerprint density at radius 1 is 1.30 bits per heavy atom. The number of carbonyl (C=O) groups is 1. The SMILES string of the molecule is C=CCOc1ccc(/C=C2\SC(Nc3ccc(CC)cc3)NC2=O)cc1Br. The summed E-state index contributed by atoms with van der Waals surface area (Å²) in [5, 5.41) is 6.29. The smallest absolute Gasteiger partial charge is 0.260 e. The van der Waals surface area contributed by atoms with Crippen LogP contribution >= 0.6 is 27.7 Å². The number of benzene rings is 2. The first-order valence-corrected chi connectivity index (χ1v) is 10.3. The summed E-state index contributed by atoms with van der Waals surface area (Å²) in [5.74, 6) is 0.668. The van der Waals surface area contributed by atoms with Crippen LogP contribution in [0.15, 0.2) is 64.5 Å². The molecule has 2 aromatic rings. The van der Waals surface area contributed by atoms with Gasteiger partial charge in [-0.1, -0.05) is 49.5 Å². The highest BCUT2D eigenvalue weighted by Gasteiger charge is 2.27. The normalized spacial score (nSPS) is 17.6. The first-order valence-electron chi connectivity index (χ1n) is 8.67. The van der Waals surface area contributed by atoms with Crippen molar-refractivity contribution >= 4 is 45.4 Å². The highest BCUT2D eigenvalue weighted by atomic mass is 79.9. The lowest BCUT2D eigenvalue weighted by atomic mass is 10.1. The summed E-state index contributed by atoms with van der Waals surface area (Å²) in [5.41, 5.74) is 3.02. The lowest BCUT2D eigenvalue weighted by Gasteiger charge is -2.12. The van der Waals surface area contributed by atoms with Crippen molar-refractivity contribution in [2.45, 2.75) is 18.8 Å². The van der Waals surface area contributed by atoms with Gasteiger partial charge < -0.3 is 15.4 Å². The van der Waals surface area contributed by atoms with E-state index in [1.165, 1.54) is 17.3 Å². The van der Waals surface area contributed by atoms with E-state index in [9.17, 15) is 4.79 Å². The molecule has 1 unspecified atom stereocenters. The quantitative estimate of drug-likeness (QED) is 0.456. The van der Waals surface area contributed by atoms with Crippen LogP contribution in [0.1, 0.15) is 18.1 Å². The number of hydrogen-bond acceptors (Lipinski definition) is 4. The summed E-state index contributed by atoms with van der Waals surface area (Å²) in [6, 6.07) is 14.0. The van der Waals surface area contributed by atoms with Gasteiger partial charge in [-0.15, -0.1) is 0 Å². The molecule has 1 aliphatic rings. The van der Waals surface area contributed by atoms with Crippen molar-refractivity contribution in [1.29, 1.82) is 0 Å². The highest BCUT2D eigenvalue weighted by molar-refractivity contribution is 9.10. The van der Waals surface area contributed by atoms with Crippen molar-refractivity contribution in [3.63, 3.8) is 0 Å². The minimum atomic E-state index is -0.185. The maximum absolute atomic E-state index is 12.3. The third-order valence-corrected chi connectivity index (χ3v) is 5.65. The van der Waals surface area contributed by atoms with Crippen LogP contribution in [-0.2, 0) is 11.2 Å². The Labute approximate surface area is 172 Å². The van der Waals surface area contributed by atoms with Crippen molar-refractivity contribution in [2.75, 3.05) is 11.9 Å². The second-order valence-electron chi connectivity index (χ2n) is 5.96. The number of rotatable bonds is 7. The highest BCUT2D eigenvalue weighted by Crippen LogP contribution is 2.32. The van der Waals surface area contributed by atoms with E-state index in [0.717, 1.165) is 27.9 Å². The molecule has 0 bridgehead atoms. The lowest BCUT2D eigenvalue weighted by Crippen LogP contribution is -2.30. The van der Waals surface area contributed by atoms with Crippen LogP contribution in [0, 0.1) is 0 Å². The van der Waals surface area contributed by atoms with Gasteiger partial charge in [-0.2, -0.15) is 0 Å². The van der Waals surface area contributed by atoms with Crippen LogP contribution < -0.4 is 15.4 Å². The molecule has 1 saturated heterocycles. The average molecular weight is 445 g/mol. The fraction of sp³-hybridized carbons (Fsp3) is 0.190. The zero-order valence-electron chi connectivity index (χ0n) is 15.0. The topological polar surface area (TPSA) is 50.4 Å². The molecule has 0 spiro atoms. The van der Waals surface area contributed by atoms with Crippen LogP contribution in [-0.4, -0.2) is 18.0 Å². The molecule has 140 valence electrons. The van der Waals surface area contributed by atoms with Gasteiger partial charge in [-0.3, -0.25) is 4.79 Å². The van der Waals surface area contributed by atoms with E-state index < -0.39 is 0 Å². The van der Waals surface area contributed by atoms with Crippen molar-refractivity contribution in [2.24, 2.45) is 0 Å². The fourth-order valence-corrected chi connectivity index (χ4v) is 4.07. The minimum absolute atomic E-state index is 0.0780. The van der Waals surface area contributed by atoms with Crippen LogP contribution in [0.2, 0.25) is 0 Å². The molecule has 1 fully saturated rings. The average Bonchev–Trinajstić information content (AvgIpc) is 3.00. The number of hydrogen-bond donors (Lipinski definition) is 2. The van der Waals surface area contributed by atoms with E-state index in [-0.39, 0.29) is 11.4 Å². The second-order valence-corrected chi connectivity index (χ2v) is 7.97. The molecule has 0 radical (unpaired) electrons. The van der Waals surface area contributed by atoms with Gasteiger partial charge >= 0.3 is 0 Å². The Morgan fingerprint density at radius 2 is 2.07 bits per heavy atom. The van der Waals surface area contributed by atoms with Crippen molar-refractivity contribution < 1.29 is 9.53 Å². The zero-order chi connectivity index (χ0) is 19.2. The van der Waals surface area contributed by atoms with Gasteiger partial charge in [0.15, 0.2) is 5.50 Å². The van der Waals surface area contributed by atoms with E-state index in [0.29, 0.717) is 11.5 Å². The lowest BCUT2D eigenvalue weighted by molar-refractivity contribution is -0.116. The summed E-state index contributed by atoms with van der Waals surface area (Å²) in [7, 11) is 0. The Kier molecular flexibility index (Phi) is 6.63. The molecular weight excluding hydrogens is 424 g/mol. The molecule has 27 heavy (non-hydrogen) atoms. The van der Waals surface area contributed by atoms with Crippen LogP contribution in [0.3, 0.4) is 0 Å². The van der Waals surface area contributed by atoms with Gasteiger partial charge in [-0.25, -0.2) is 0 Å². The zero-order valence-corrected chi connectivity index (χ0v) is 17.4. The van der Waals surface area contributed by atoms with Gasteiger partial charge in [0.05, 0.1) is 9.38 Å². The third-order valence-electron chi connectivity index (χ3n) is 4.00. The monoisotopic (exact) mass is 444 g/mol. The Balaban J connectivity index is 1.67. The first-order chi connectivity index (χ1) is 13.1. The molecule has 0 aliphatic carbocycles. The van der Waals surface area contributed by atoms with Crippen LogP contribution in [0.5, 0.6) is 5.75 Å². The van der Waals surface area contributed by atoms with Crippen molar-refractivity contribution in [3.8, 4) is 5.75 Å². The van der Waals surface area contributed by atoms with Gasteiger partial charge in [0.2, 0.25) is 0 Å². The summed E-state index contributed by atoms with van der Waals surface area (Å²) < 4.78 is 6.39. The molecule has 0 saturated carbocycles. The Hall–Kier alpha value is -2.18. The largest absolute Gasteiger partial charge is 0.488 e. The van der Waals surface area contributed by atoms with Gasteiger partial charge in [0.25, 0.3) is 5.91 Å². The number of aryl methyl sites for hydroxylation is 1. The fourth-order valence-electron chi connectivity index (χ4n) is 2.58. The molecule has 1 atom stereocenters. The number of carbonyl (C=O) groups excluding carboxylic acids is 1. The summed E-state index contributed by atoms with van der Waals surface area (Å²) in [6.07, 6.45) is 4.59. The van der Waals surface area contributed by atoms with Crippen LogP contribution in [0.4, 0.5) is 5.69 Å². The van der Waals surface area contributed by atoms with Gasteiger partial charge in [0, 0.05) is 5.69 Å². The van der Waals surface area contributed by atoms with E-state index >= 15 is 0 Å². The van der Waals surface area contributed by atoms with Gasteiger partial charge in [-0.05, 0) is 63.8 Å². The molecule has 4 nitrogen and oxygen atoms in total. The summed E-state index contributed by atoms with van der Waals surface area (Å²) >= 11 is 4.97. The Bertz CT molecular complexity index is 865. The van der Waals surface area contributed by atoms with E-state index in [1.807, 2.05) is 36.4 Å². The predicted molar refractivity (Wildman–Crippen MR) is 117 cm³/mol. The van der Waals surface area contributed by atoms with E-state index in [2.05, 4.69) is 52.2 Å². The first kappa shape index (κ1) is 19.6. The molecule has 1 heterocycles. The maximum Gasteiger partial charge on any atom is 0.260 e. The molecule has 2 aromatic carbocycles. The number of anilines is 1. The molecule has 2 N–H and O–H groups in total. The van der Waals surface area contributed by atoms with Gasteiger partial charge in [0.1, 0.15) is 12.4 Å². The standard InChI is InChI=1S/C21H21BrN2O2S/c1-3-11-26-18-10-7-15(12-17(18)22)13-19-20(25)24-21(27-19)23-16-8-5-14(4-2)6-9-16/h3,5-10,12-13,21,23H,1,4,11H2,2H3,(H,24,25)/b19-13-. The molecule has 0 aromatic heterocycles. The molecule has 1 aliphatic heterocycles. The number of ether oxygens (including phenoxy) is 1. The Morgan fingerprint density at radius 3 is 2.74 bits per heavy atom. The van der Waals surface area contributed by atoms with Crippen LogP contribution in [0.25, 0.3) is 6.08 Å². The van der Waals surface area contributed by atoms with Crippen molar-refractivity contribution in [1.82, 2.24) is 5.32 Å². The maximum atomic E-state index is 12.3. The number of nitrogens with one attached hydrogen (secondary N) is 2.